The van der Waals surface area contributed by atoms with Gasteiger partial charge in [-0.3, -0.25) is 0 Å². The van der Waals surface area contributed by atoms with Crippen LogP contribution in [0.15, 0.2) is 158 Å². The molecule has 82 heavy (non-hydrogen) atoms. The molecular formula is C77H84BN3S. The first-order chi connectivity index (χ1) is 38.4. The molecule has 416 valence electrons. The van der Waals surface area contributed by atoms with E-state index in [4.69, 9.17) is 0 Å². The summed E-state index contributed by atoms with van der Waals surface area (Å²) >= 11 is 2.02. The fraction of sp³-hybridized carbons (Fsp3) is 0.351. The van der Waals surface area contributed by atoms with Gasteiger partial charge in [0.05, 0.1) is 5.69 Å². The summed E-state index contributed by atoms with van der Waals surface area (Å²) in [5.74, 6) is 0. The van der Waals surface area contributed by atoms with Crippen molar-refractivity contribution in [3.8, 4) is 11.1 Å². The Hall–Kier alpha value is -6.82. The fourth-order valence-electron chi connectivity index (χ4n) is 14.3. The van der Waals surface area contributed by atoms with Crippen molar-refractivity contribution in [1.82, 2.24) is 0 Å². The monoisotopic (exact) mass is 1090 g/mol. The Balaban J connectivity index is 1.08. The van der Waals surface area contributed by atoms with Crippen LogP contribution in [0.1, 0.15) is 182 Å². The van der Waals surface area contributed by atoms with E-state index in [1.54, 1.807) is 0 Å². The van der Waals surface area contributed by atoms with Gasteiger partial charge in [0.2, 0.25) is 0 Å². The highest BCUT2D eigenvalue weighted by atomic mass is 32.1. The van der Waals surface area contributed by atoms with Gasteiger partial charge < -0.3 is 14.7 Å². The van der Waals surface area contributed by atoms with E-state index < -0.39 is 0 Å². The summed E-state index contributed by atoms with van der Waals surface area (Å²) in [6.07, 6.45) is 2.40. The molecule has 5 heteroatoms. The lowest BCUT2D eigenvalue weighted by atomic mass is 9.36. The second-order valence-corrected chi connectivity index (χ2v) is 31.7. The normalized spacial score (nSPS) is 16.5. The van der Waals surface area contributed by atoms with Gasteiger partial charge in [-0.1, -0.05) is 191 Å². The largest absolute Gasteiger partial charge is 0.311 e. The van der Waals surface area contributed by atoms with Gasteiger partial charge in [0.25, 0.3) is 6.71 Å². The van der Waals surface area contributed by atoms with Crippen LogP contribution in [0.2, 0.25) is 0 Å². The Morgan fingerprint density at radius 2 is 0.854 bits per heavy atom. The van der Waals surface area contributed by atoms with Crippen molar-refractivity contribution in [3.05, 3.63) is 202 Å². The minimum absolute atomic E-state index is 0.0130. The molecule has 0 atom stereocenters. The topological polar surface area (TPSA) is 9.72 Å². The molecule has 4 aliphatic rings. The maximum absolute atomic E-state index is 2.65. The molecule has 9 aromatic rings. The summed E-state index contributed by atoms with van der Waals surface area (Å²) < 4.78 is 2.75. The lowest BCUT2D eigenvalue weighted by Gasteiger charge is -2.43. The first-order valence-corrected chi connectivity index (χ1v) is 31.1. The number of anilines is 9. The minimum Gasteiger partial charge on any atom is -0.311 e. The summed E-state index contributed by atoms with van der Waals surface area (Å²) in [7, 11) is 0. The zero-order valence-electron chi connectivity index (χ0n) is 52.3. The van der Waals surface area contributed by atoms with Gasteiger partial charge in [-0.15, -0.1) is 11.3 Å². The summed E-state index contributed by atoms with van der Waals surface area (Å²) in [5.41, 5.74) is 27.7. The Morgan fingerprint density at radius 3 is 1.35 bits per heavy atom. The summed E-state index contributed by atoms with van der Waals surface area (Å²) in [6, 6.07) is 62.5. The number of rotatable bonds is 5. The molecule has 0 saturated carbocycles. The Bertz CT molecular complexity index is 3970. The molecule has 0 bridgehead atoms. The van der Waals surface area contributed by atoms with Gasteiger partial charge in [0, 0.05) is 65.8 Å². The van der Waals surface area contributed by atoms with Gasteiger partial charge in [-0.25, -0.2) is 0 Å². The van der Waals surface area contributed by atoms with Crippen LogP contribution >= 0.6 is 11.3 Å². The zero-order valence-corrected chi connectivity index (χ0v) is 53.1. The molecule has 3 nitrogen and oxygen atoms in total. The van der Waals surface area contributed by atoms with Crippen LogP contribution in [0.4, 0.5) is 51.2 Å². The van der Waals surface area contributed by atoms with Gasteiger partial charge in [-0.2, -0.15) is 0 Å². The van der Waals surface area contributed by atoms with E-state index in [0.29, 0.717) is 0 Å². The number of benzene rings is 8. The number of nitrogens with zero attached hydrogens (tertiary/aromatic N) is 3. The van der Waals surface area contributed by atoms with Crippen LogP contribution in [0, 0.1) is 0 Å². The van der Waals surface area contributed by atoms with Crippen LogP contribution in [-0.4, -0.2) is 6.71 Å². The highest BCUT2D eigenvalue weighted by Gasteiger charge is 2.48. The van der Waals surface area contributed by atoms with E-state index in [9.17, 15) is 0 Å². The molecule has 2 aliphatic carbocycles. The van der Waals surface area contributed by atoms with Crippen molar-refractivity contribution >= 4 is 95.0 Å². The maximum atomic E-state index is 2.65. The number of hydrogen-bond acceptors (Lipinski definition) is 4. The van der Waals surface area contributed by atoms with Crippen LogP contribution in [0.3, 0.4) is 0 Å². The molecule has 0 saturated heterocycles. The van der Waals surface area contributed by atoms with Gasteiger partial charge in [0.15, 0.2) is 0 Å². The van der Waals surface area contributed by atoms with Crippen molar-refractivity contribution in [2.45, 2.75) is 175 Å². The Morgan fingerprint density at radius 1 is 0.427 bits per heavy atom. The molecule has 0 fully saturated rings. The standard InChI is InChI=1S/C77H84BN3S/c1-71(2,3)47-22-30-51(31-23-47)79(52-32-24-48(25-33-52)72(4,5)6)55-38-39-63-66(42-55)80(53-34-26-49(27-35-53)73(7,8)9)64-20-19-21-65-68(64)78(63)70-69(81(65)54-36-28-50(29-37-54)74(10,11)12)58-43-56-57-44-61-62(76(15,16)41-40-75(61,13)14)45-59(57)77(17,18)60(56)46-67(58)82-70/h19-39,42-46H,40-41H2,1-18H3. The van der Waals surface area contributed by atoms with E-state index in [1.807, 2.05) is 11.3 Å². The average molecular weight is 1090 g/mol. The third kappa shape index (κ3) is 8.55. The summed E-state index contributed by atoms with van der Waals surface area (Å²) in [4.78, 5) is 7.70. The van der Waals surface area contributed by atoms with Crippen molar-refractivity contribution in [2.24, 2.45) is 0 Å². The second kappa shape index (κ2) is 18.1. The van der Waals surface area contributed by atoms with E-state index >= 15 is 0 Å². The van der Waals surface area contributed by atoms with E-state index in [-0.39, 0.29) is 44.6 Å². The third-order valence-corrected chi connectivity index (χ3v) is 20.8. The van der Waals surface area contributed by atoms with Crippen molar-refractivity contribution in [3.63, 3.8) is 0 Å². The van der Waals surface area contributed by atoms with Crippen LogP contribution < -0.4 is 30.4 Å². The first-order valence-electron chi connectivity index (χ1n) is 30.3. The fourth-order valence-corrected chi connectivity index (χ4v) is 15.6. The molecule has 13 rings (SSSR count). The molecule has 1 aromatic heterocycles. The lowest BCUT2D eigenvalue weighted by Crippen LogP contribution is -2.60. The van der Waals surface area contributed by atoms with E-state index in [0.717, 1.165) is 22.7 Å². The van der Waals surface area contributed by atoms with Gasteiger partial charge in [-0.05, 0) is 203 Å². The number of thiophene rings is 1. The predicted molar refractivity (Wildman–Crippen MR) is 358 cm³/mol. The van der Waals surface area contributed by atoms with Crippen LogP contribution in [0.25, 0.3) is 21.2 Å². The van der Waals surface area contributed by atoms with Crippen molar-refractivity contribution in [1.29, 1.82) is 0 Å². The smallest absolute Gasteiger partial charge is 0.264 e. The lowest BCUT2D eigenvalue weighted by molar-refractivity contribution is 0.331. The molecule has 8 aromatic carbocycles. The average Bonchev–Trinajstić information content (AvgIpc) is 3.40. The summed E-state index contributed by atoms with van der Waals surface area (Å²) in [6.45, 7) is 42.5. The molecule has 3 heterocycles. The highest BCUT2D eigenvalue weighted by molar-refractivity contribution is 7.33. The molecule has 0 radical (unpaired) electrons. The van der Waals surface area contributed by atoms with Crippen molar-refractivity contribution in [2.75, 3.05) is 14.7 Å². The van der Waals surface area contributed by atoms with Crippen LogP contribution in [-0.2, 0) is 37.9 Å². The van der Waals surface area contributed by atoms with Crippen molar-refractivity contribution < 1.29 is 0 Å². The molecule has 2 aliphatic heterocycles. The zero-order chi connectivity index (χ0) is 58.2. The predicted octanol–water partition coefficient (Wildman–Crippen LogP) is 20.3. The Kier molecular flexibility index (Phi) is 12.0. The van der Waals surface area contributed by atoms with E-state index in [2.05, 4.69) is 297 Å². The molecule has 0 N–H and O–H groups in total. The molecule has 0 unspecified atom stereocenters. The minimum atomic E-state index is -0.155. The number of hydrogen-bond donors (Lipinski definition) is 0. The quantitative estimate of drug-likeness (QED) is 0.159. The van der Waals surface area contributed by atoms with Gasteiger partial charge >= 0.3 is 0 Å². The first kappa shape index (κ1) is 54.4. The molecule has 0 spiro atoms. The SMILES string of the molecule is CC(C)(C)c1ccc(N(c2ccc(C(C)(C)C)cc2)c2ccc3c(c2)N(c2ccc(C(C)(C)C)cc2)c2cccc4c2B3c2sc3cc5c(cc3c2N4c2ccc(C(C)(C)C)cc2)-c2cc3c(cc2C5(C)C)C(C)(C)CCC3(C)C)cc1. The Labute approximate surface area is 495 Å². The second-order valence-electron chi connectivity index (χ2n) is 30.6. The molecular weight excluding hydrogens is 1010 g/mol. The highest BCUT2D eigenvalue weighted by Crippen LogP contribution is 2.57. The molecule has 0 amide bonds. The summed E-state index contributed by atoms with van der Waals surface area (Å²) in [5, 5.41) is 1.33. The van der Waals surface area contributed by atoms with Crippen LogP contribution in [0.5, 0.6) is 0 Å². The van der Waals surface area contributed by atoms with Gasteiger partial charge in [0.1, 0.15) is 0 Å². The maximum Gasteiger partial charge on any atom is 0.264 e. The third-order valence-electron chi connectivity index (χ3n) is 19.6. The number of fused-ring (bicyclic) bond motifs is 10. The van der Waals surface area contributed by atoms with E-state index in [1.165, 1.54) is 123 Å².